The van der Waals surface area contributed by atoms with Crippen molar-refractivity contribution in [3.05, 3.63) is 48.0 Å². The number of fused-ring (bicyclic) bond motifs is 1. The molecule has 126 valence electrons. The molecule has 0 aliphatic heterocycles. The highest BCUT2D eigenvalue weighted by atomic mass is 16.3. The number of aromatic hydroxyl groups is 2. The van der Waals surface area contributed by atoms with Crippen LogP contribution in [0.2, 0.25) is 0 Å². The van der Waals surface area contributed by atoms with Gasteiger partial charge in [-0.3, -0.25) is 4.90 Å². The SMILES string of the molecule is CN(C/C=C/C#CC(C)(C)C)Cc1cc(O)c(O)c2ccccc12. The van der Waals surface area contributed by atoms with Gasteiger partial charge in [-0.1, -0.05) is 42.2 Å². The van der Waals surface area contributed by atoms with Crippen LogP contribution in [0.4, 0.5) is 0 Å². The number of allylic oxidation sites excluding steroid dienone is 1. The molecule has 0 unspecified atom stereocenters. The Balaban J connectivity index is 2.11. The van der Waals surface area contributed by atoms with Crippen LogP contribution in [0.15, 0.2) is 42.5 Å². The molecule has 0 saturated carbocycles. The number of benzene rings is 2. The fourth-order valence-electron chi connectivity index (χ4n) is 2.45. The van der Waals surface area contributed by atoms with E-state index in [1.165, 1.54) is 0 Å². The van der Waals surface area contributed by atoms with E-state index >= 15 is 0 Å². The Labute approximate surface area is 144 Å². The molecule has 0 amide bonds. The summed E-state index contributed by atoms with van der Waals surface area (Å²) in [5.74, 6) is 6.09. The first-order valence-electron chi connectivity index (χ1n) is 8.07. The second-order valence-electron chi connectivity index (χ2n) is 7.07. The highest BCUT2D eigenvalue weighted by Gasteiger charge is 2.11. The largest absolute Gasteiger partial charge is 0.504 e. The molecule has 0 atom stereocenters. The van der Waals surface area contributed by atoms with Crippen LogP contribution >= 0.6 is 0 Å². The van der Waals surface area contributed by atoms with Gasteiger partial charge in [-0.2, -0.15) is 0 Å². The second-order valence-corrected chi connectivity index (χ2v) is 7.07. The molecule has 3 nitrogen and oxygen atoms in total. The third-order valence-corrected chi connectivity index (χ3v) is 3.59. The van der Waals surface area contributed by atoms with Crippen molar-refractivity contribution < 1.29 is 10.2 Å². The summed E-state index contributed by atoms with van der Waals surface area (Å²) in [5, 5.41) is 21.6. The first-order valence-corrected chi connectivity index (χ1v) is 8.07. The van der Waals surface area contributed by atoms with Crippen molar-refractivity contribution in [1.29, 1.82) is 0 Å². The van der Waals surface area contributed by atoms with Gasteiger partial charge in [-0.25, -0.2) is 0 Å². The van der Waals surface area contributed by atoms with Crippen LogP contribution in [0, 0.1) is 17.3 Å². The predicted octanol–water partition coefficient (Wildman–Crippen LogP) is 4.29. The molecule has 0 bridgehead atoms. The molecule has 2 rings (SSSR count). The quantitative estimate of drug-likeness (QED) is 0.652. The molecule has 24 heavy (non-hydrogen) atoms. The molecule has 0 aliphatic rings. The zero-order chi connectivity index (χ0) is 17.7. The number of nitrogens with zero attached hydrogens (tertiary/aromatic N) is 1. The summed E-state index contributed by atoms with van der Waals surface area (Å²) in [5.41, 5.74) is 0.996. The number of phenolic OH excluding ortho intramolecular Hbond substituents is 2. The van der Waals surface area contributed by atoms with E-state index in [0.29, 0.717) is 11.9 Å². The van der Waals surface area contributed by atoms with Crippen LogP contribution in [0.1, 0.15) is 26.3 Å². The van der Waals surface area contributed by atoms with Gasteiger partial charge < -0.3 is 10.2 Å². The molecule has 0 spiro atoms. The Kier molecular flexibility index (Phi) is 5.54. The van der Waals surface area contributed by atoms with Crippen LogP contribution in [-0.2, 0) is 6.54 Å². The lowest BCUT2D eigenvalue weighted by molar-refractivity contribution is 0.362. The van der Waals surface area contributed by atoms with E-state index < -0.39 is 0 Å². The standard InChI is InChI=1S/C21H25NO2/c1-21(2,3)12-8-5-9-13-22(4)15-16-14-19(23)20(24)18-11-7-6-10-17(16)18/h5-7,9-11,14,23-24H,13,15H2,1-4H3/b9-5+. The molecule has 2 aromatic carbocycles. The summed E-state index contributed by atoms with van der Waals surface area (Å²) in [6.07, 6.45) is 3.91. The van der Waals surface area contributed by atoms with Crippen LogP contribution in [-0.4, -0.2) is 28.7 Å². The van der Waals surface area contributed by atoms with Crippen LogP contribution in [0.5, 0.6) is 11.5 Å². The van der Waals surface area contributed by atoms with Crippen molar-refractivity contribution in [3.63, 3.8) is 0 Å². The molecular weight excluding hydrogens is 298 g/mol. The fraction of sp³-hybridized carbons (Fsp3) is 0.333. The Bertz CT molecular complexity index is 804. The number of hydrogen-bond acceptors (Lipinski definition) is 3. The van der Waals surface area contributed by atoms with E-state index in [1.54, 1.807) is 6.07 Å². The lowest BCUT2D eigenvalue weighted by atomic mass is 9.98. The van der Waals surface area contributed by atoms with Crippen molar-refractivity contribution in [1.82, 2.24) is 4.90 Å². The topological polar surface area (TPSA) is 43.7 Å². The summed E-state index contributed by atoms with van der Waals surface area (Å²) in [7, 11) is 2.01. The third kappa shape index (κ3) is 4.78. The highest BCUT2D eigenvalue weighted by molar-refractivity contribution is 5.93. The summed E-state index contributed by atoms with van der Waals surface area (Å²) >= 11 is 0. The van der Waals surface area contributed by atoms with E-state index in [-0.39, 0.29) is 16.9 Å². The van der Waals surface area contributed by atoms with Gasteiger partial charge in [0.1, 0.15) is 0 Å². The fourth-order valence-corrected chi connectivity index (χ4v) is 2.45. The minimum absolute atomic E-state index is 0.0126. The maximum atomic E-state index is 9.99. The van der Waals surface area contributed by atoms with Gasteiger partial charge in [0.05, 0.1) is 0 Å². The normalized spacial score (nSPS) is 11.9. The zero-order valence-electron chi connectivity index (χ0n) is 14.8. The number of hydrogen-bond donors (Lipinski definition) is 2. The number of rotatable bonds is 4. The van der Waals surface area contributed by atoms with Gasteiger partial charge in [-0.05, 0) is 50.9 Å². The van der Waals surface area contributed by atoms with Gasteiger partial charge >= 0.3 is 0 Å². The second kappa shape index (κ2) is 7.42. The number of phenols is 2. The Morgan fingerprint density at radius 2 is 1.79 bits per heavy atom. The monoisotopic (exact) mass is 323 g/mol. The molecule has 2 N–H and O–H groups in total. The van der Waals surface area contributed by atoms with Crippen molar-refractivity contribution >= 4 is 10.8 Å². The predicted molar refractivity (Wildman–Crippen MR) is 100.0 cm³/mol. The zero-order valence-corrected chi connectivity index (χ0v) is 14.8. The van der Waals surface area contributed by atoms with Crippen molar-refractivity contribution in [2.75, 3.05) is 13.6 Å². The Hall–Kier alpha value is -2.44. The van der Waals surface area contributed by atoms with E-state index in [4.69, 9.17) is 0 Å². The van der Waals surface area contributed by atoms with Crippen molar-refractivity contribution in [2.24, 2.45) is 5.41 Å². The minimum atomic E-state index is -0.0799. The molecule has 0 aromatic heterocycles. The number of likely N-dealkylation sites (N-methyl/N-ethyl adjacent to an activating group) is 1. The van der Waals surface area contributed by atoms with Gasteiger partial charge in [0.2, 0.25) is 0 Å². The van der Waals surface area contributed by atoms with E-state index in [0.717, 1.165) is 17.5 Å². The molecule has 0 heterocycles. The molecule has 0 radical (unpaired) electrons. The average Bonchev–Trinajstić information content (AvgIpc) is 2.51. The summed E-state index contributed by atoms with van der Waals surface area (Å²) in [6.45, 7) is 7.69. The third-order valence-electron chi connectivity index (χ3n) is 3.59. The van der Waals surface area contributed by atoms with Gasteiger partial charge in [-0.15, -0.1) is 0 Å². The van der Waals surface area contributed by atoms with Gasteiger partial charge in [0.15, 0.2) is 11.5 Å². The Morgan fingerprint density at radius 3 is 2.46 bits per heavy atom. The first-order chi connectivity index (χ1) is 11.3. The maximum absolute atomic E-state index is 9.99. The van der Waals surface area contributed by atoms with Crippen molar-refractivity contribution in [3.8, 4) is 23.3 Å². The Morgan fingerprint density at radius 1 is 1.12 bits per heavy atom. The maximum Gasteiger partial charge on any atom is 0.165 e. The molecule has 0 saturated heterocycles. The smallest absolute Gasteiger partial charge is 0.165 e. The molecule has 2 aromatic rings. The lowest BCUT2D eigenvalue weighted by Gasteiger charge is -2.17. The van der Waals surface area contributed by atoms with E-state index in [9.17, 15) is 10.2 Å². The molecular formula is C21H25NO2. The lowest BCUT2D eigenvalue weighted by Crippen LogP contribution is -2.17. The van der Waals surface area contributed by atoms with Crippen LogP contribution in [0.3, 0.4) is 0 Å². The summed E-state index contributed by atoms with van der Waals surface area (Å²) in [6, 6.07) is 9.20. The molecule has 3 heteroatoms. The van der Waals surface area contributed by atoms with Gasteiger partial charge in [0.25, 0.3) is 0 Å². The van der Waals surface area contributed by atoms with Crippen LogP contribution in [0.25, 0.3) is 10.8 Å². The molecule has 0 fully saturated rings. The molecule has 0 aliphatic carbocycles. The summed E-state index contributed by atoms with van der Waals surface area (Å²) in [4.78, 5) is 2.13. The summed E-state index contributed by atoms with van der Waals surface area (Å²) < 4.78 is 0. The van der Waals surface area contributed by atoms with Crippen molar-refractivity contribution in [2.45, 2.75) is 27.3 Å². The van der Waals surface area contributed by atoms with E-state index in [2.05, 4.69) is 37.5 Å². The highest BCUT2D eigenvalue weighted by Crippen LogP contribution is 2.36. The van der Waals surface area contributed by atoms with Crippen LogP contribution < -0.4 is 0 Å². The average molecular weight is 323 g/mol. The minimum Gasteiger partial charge on any atom is -0.504 e. The van der Waals surface area contributed by atoms with Gasteiger partial charge in [0, 0.05) is 23.9 Å². The first kappa shape index (κ1) is 17.9. The van der Waals surface area contributed by atoms with E-state index in [1.807, 2.05) is 43.5 Å².